The van der Waals surface area contributed by atoms with Crippen molar-refractivity contribution in [3.63, 3.8) is 0 Å². The van der Waals surface area contributed by atoms with Crippen molar-refractivity contribution in [1.82, 2.24) is 0 Å². The fourth-order valence-corrected chi connectivity index (χ4v) is 0.562. The number of hydrogen-bond acceptors (Lipinski definition) is 5. The molecule has 10 heavy (non-hydrogen) atoms. The molecule has 0 aromatic carbocycles. The maximum absolute atomic E-state index is 10.7. The van der Waals surface area contributed by atoms with Gasteiger partial charge < -0.3 is 5.11 Å². The molecule has 0 aliphatic carbocycles. The Labute approximate surface area is 56.6 Å². The number of hydrogen-bond donors (Lipinski definition) is 2. The number of aliphatic imine (C=N–C) groups is 1. The van der Waals surface area contributed by atoms with Crippen LogP contribution in [-0.4, -0.2) is 22.8 Å². The van der Waals surface area contributed by atoms with Gasteiger partial charge in [0, 0.05) is 6.20 Å². The number of amidine groups is 1. The van der Waals surface area contributed by atoms with E-state index in [4.69, 9.17) is 10.6 Å². The largest absolute Gasteiger partial charge is 0.381 e. The third-order valence-electron chi connectivity index (χ3n) is 1.06. The number of nitrogens with one attached hydrogen (secondary N) is 1. The minimum Gasteiger partial charge on any atom is -0.381 e. The van der Waals surface area contributed by atoms with Crippen LogP contribution in [0.5, 0.6) is 0 Å². The Morgan fingerprint density at radius 2 is 2.50 bits per heavy atom. The first-order valence-electron chi connectivity index (χ1n) is 2.60. The summed E-state index contributed by atoms with van der Waals surface area (Å²) in [5, 5.41) is 11.6. The number of nitrogens with zero attached hydrogens (tertiary/aromatic N) is 2. The third kappa shape index (κ3) is 0.985. The first kappa shape index (κ1) is 6.76. The van der Waals surface area contributed by atoms with Gasteiger partial charge in [0.2, 0.25) is 11.6 Å². The van der Waals surface area contributed by atoms with Gasteiger partial charge in [-0.05, 0) is 6.08 Å². The van der Waals surface area contributed by atoms with Crippen LogP contribution in [0, 0.1) is 5.53 Å². The Bertz CT molecular complexity index is 231. The maximum atomic E-state index is 10.7. The molecule has 5 heteroatoms. The Morgan fingerprint density at radius 3 is 3.00 bits per heavy atom. The number of rotatable bonds is 0. The van der Waals surface area contributed by atoms with Crippen molar-refractivity contribution in [2.45, 2.75) is 6.10 Å². The van der Waals surface area contributed by atoms with E-state index in [2.05, 4.69) is 10.1 Å². The monoisotopic (exact) mass is 139 g/mol. The molecule has 1 unspecified atom stereocenters. The van der Waals surface area contributed by atoms with Gasteiger partial charge in [0.25, 0.3) is 0 Å². The number of aliphatic hydroxyl groups is 1. The molecular formula is C5H5N3O2. The van der Waals surface area contributed by atoms with Crippen LogP contribution in [0.3, 0.4) is 0 Å². The molecule has 0 aromatic rings. The lowest BCUT2D eigenvalue weighted by Gasteiger charge is -2.04. The predicted octanol–water partition coefficient (Wildman–Crippen LogP) is -0.127. The van der Waals surface area contributed by atoms with Gasteiger partial charge in [0.15, 0.2) is 0 Å². The van der Waals surface area contributed by atoms with Gasteiger partial charge in [-0.1, -0.05) is 0 Å². The molecule has 1 aliphatic rings. The van der Waals surface area contributed by atoms with Crippen molar-refractivity contribution >= 4 is 11.6 Å². The van der Waals surface area contributed by atoms with Crippen molar-refractivity contribution in [1.29, 1.82) is 5.53 Å². The third-order valence-corrected chi connectivity index (χ3v) is 1.06. The minimum atomic E-state index is -1.18. The number of aliphatic hydroxyl groups excluding tert-OH is 1. The average molecular weight is 139 g/mol. The van der Waals surface area contributed by atoms with Crippen molar-refractivity contribution < 1.29 is 9.90 Å². The van der Waals surface area contributed by atoms with E-state index in [0.717, 1.165) is 0 Å². The van der Waals surface area contributed by atoms with Crippen LogP contribution in [0.2, 0.25) is 0 Å². The quantitative estimate of drug-likeness (QED) is 0.458. The van der Waals surface area contributed by atoms with E-state index in [1.54, 1.807) is 0 Å². The Kier molecular flexibility index (Phi) is 1.68. The molecule has 0 aromatic heterocycles. The molecule has 0 spiro atoms. The fourth-order valence-electron chi connectivity index (χ4n) is 0.562. The average Bonchev–Trinajstić information content (AvgIpc) is 1.95. The van der Waals surface area contributed by atoms with E-state index >= 15 is 0 Å². The van der Waals surface area contributed by atoms with Gasteiger partial charge in [0.05, 0.1) is 0 Å². The number of ketones is 1. The van der Waals surface area contributed by atoms with Crippen molar-refractivity contribution in [3.05, 3.63) is 12.3 Å². The molecule has 1 aliphatic heterocycles. The van der Waals surface area contributed by atoms with Crippen LogP contribution < -0.4 is 0 Å². The smallest absolute Gasteiger partial charge is 0.234 e. The zero-order valence-electron chi connectivity index (χ0n) is 4.98. The fraction of sp³-hybridized carbons (Fsp3) is 0.200. The second kappa shape index (κ2) is 2.49. The molecule has 1 heterocycles. The molecule has 0 radical (unpaired) electrons. The van der Waals surface area contributed by atoms with Gasteiger partial charge >= 0.3 is 0 Å². The molecule has 1 atom stereocenters. The molecule has 1 rings (SSSR count). The summed E-state index contributed by atoms with van der Waals surface area (Å²) in [4.78, 5) is 14.2. The van der Waals surface area contributed by atoms with Crippen molar-refractivity contribution in [2.75, 3.05) is 0 Å². The maximum Gasteiger partial charge on any atom is 0.234 e. The highest BCUT2D eigenvalue weighted by Crippen LogP contribution is 2.00. The Morgan fingerprint density at radius 1 is 1.80 bits per heavy atom. The Hall–Kier alpha value is -1.36. The topological polar surface area (TPSA) is 85.9 Å². The van der Waals surface area contributed by atoms with E-state index in [0.29, 0.717) is 0 Å². The van der Waals surface area contributed by atoms with Crippen molar-refractivity contribution in [3.8, 4) is 0 Å². The highest BCUT2D eigenvalue weighted by atomic mass is 16.3. The zero-order valence-corrected chi connectivity index (χ0v) is 4.98. The van der Waals surface area contributed by atoms with Gasteiger partial charge in [0.1, 0.15) is 6.10 Å². The summed E-state index contributed by atoms with van der Waals surface area (Å²) in [7, 11) is 0. The molecular weight excluding hydrogens is 134 g/mol. The van der Waals surface area contributed by atoms with Crippen LogP contribution in [-0.2, 0) is 4.79 Å². The summed E-state index contributed by atoms with van der Waals surface area (Å²) in [5.41, 5.74) is 6.45. The number of carbonyl (C=O) groups excluding carboxylic acids is 1. The van der Waals surface area contributed by atoms with Gasteiger partial charge in [-0.3, -0.25) is 4.79 Å². The summed E-state index contributed by atoms with van der Waals surface area (Å²) >= 11 is 0. The highest BCUT2D eigenvalue weighted by molar-refractivity contribution is 6.41. The first-order valence-corrected chi connectivity index (χ1v) is 2.60. The van der Waals surface area contributed by atoms with Crippen LogP contribution in [0.25, 0.3) is 0 Å². The Balaban J connectivity index is 2.92. The van der Waals surface area contributed by atoms with Crippen LogP contribution in [0.15, 0.2) is 22.4 Å². The standard InChI is InChI=1S/C5H5N3O2/c6-8-5-4(10)3(9)1-2-7-5/h1-3,6,9H. The molecule has 0 amide bonds. The molecule has 0 bridgehead atoms. The first-order chi connectivity index (χ1) is 4.75. The van der Waals surface area contributed by atoms with E-state index in [1.165, 1.54) is 12.3 Å². The number of Topliss-reactive ketones (excluding diaryl/α,β-unsaturated/α-hetero) is 1. The number of carbonyl (C=O) groups is 1. The molecule has 0 saturated heterocycles. The normalized spacial score (nSPS) is 24.3. The lowest BCUT2D eigenvalue weighted by molar-refractivity contribution is -0.118. The molecule has 52 valence electrons. The molecule has 5 nitrogen and oxygen atoms in total. The second-order valence-electron chi connectivity index (χ2n) is 1.72. The van der Waals surface area contributed by atoms with Crippen molar-refractivity contribution in [2.24, 2.45) is 10.1 Å². The predicted molar refractivity (Wildman–Crippen MR) is 32.7 cm³/mol. The SMILES string of the molecule is N=NC1=NC=CC(O)C1=O. The lowest BCUT2D eigenvalue weighted by atomic mass is 10.2. The molecule has 0 fully saturated rings. The summed E-state index contributed by atoms with van der Waals surface area (Å²) in [6.07, 6.45) is 1.30. The van der Waals surface area contributed by atoms with Crippen LogP contribution in [0.4, 0.5) is 0 Å². The summed E-state index contributed by atoms with van der Waals surface area (Å²) < 4.78 is 0. The minimum absolute atomic E-state index is 0.255. The van der Waals surface area contributed by atoms with E-state index < -0.39 is 11.9 Å². The zero-order chi connectivity index (χ0) is 7.56. The molecule has 0 saturated carbocycles. The summed E-state index contributed by atoms with van der Waals surface area (Å²) in [5.74, 6) is -0.882. The van der Waals surface area contributed by atoms with E-state index in [1.807, 2.05) is 0 Å². The second-order valence-corrected chi connectivity index (χ2v) is 1.72. The summed E-state index contributed by atoms with van der Waals surface area (Å²) in [6, 6.07) is 0. The van der Waals surface area contributed by atoms with Gasteiger partial charge in [-0.15, -0.1) is 5.11 Å². The van der Waals surface area contributed by atoms with Gasteiger partial charge in [-0.25, -0.2) is 10.5 Å². The molecule has 2 N–H and O–H groups in total. The summed E-state index contributed by atoms with van der Waals surface area (Å²) in [6.45, 7) is 0. The lowest BCUT2D eigenvalue weighted by Crippen LogP contribution is -2.27. The van der Waals surface area contributed by atoms with E-state index in [9.17, 15) is 4.79 Å². The van der Waals surface area contributed by atoms with E-state index in [-0.39, 0.29) is 5.84 Å². The van der Waals surface area contributed by atoms with Crippen LogP contribution >= 0.6 is 0 Å². The van der Waals surface area contributed by atoms with Gasteiger partial charge in [-0.2, -0.15) is 0 Å². The highest BCUT2D eigenvalue weighted by Gasteiger charge is 2.20. The van der Waals surface area contributed by atoms with Crippen LogP contribution in [0.1, 0.15) is 0 Å².